The zero-order valence-electron chi connectivity index (χ0n) is 10.2. The van der Waals surface area contributed by atoms with Crippen LogP contribution in [-0.2, 0) is 6.42 Å². The molecule has 0 spiro atoms. The molecule has 0 N–H and O–H groups in total. The summed E-state index contributed by atoms with van der Waals surface area (Å²) in [6, 6.07) is 3.71. The summed E-state index contributed by atoms with van der Waals surface area (Å²) < 4.78 is 12.8. The highest BCUT2D eigenvalue weighted by Gasteiger charge is 2.26. The summed E-state index contributed by atoms with van der Waals surface area (Å²) in [5.41, 5.74) is 0. The molecule has 0 radical (unpaired) electrons. The molecule has 4 rings (SSSR count). The predicted molar refractivity (Wildman–Crippen MR) is 65.3 cm³/mol. The van der Waals surface area contributed by atoms with Crippen LogP contribution >= 0.6 is 0 Å². The van der Waals surface area contributed by atoms with Crippen LogP contribution in [0.4, 0.5) is 0 Å². The highest BCUT2D eigenvalue weighted by molar-refractivity contribution is 5.44. The van der Waals surface area contributed by atoms with Gasteiger partial charge in [0, 0.05) is 18.8 Å². The van der Waals surface area contributed by atoms with Crippen molar-refractivity contribution < 1.29 is 8.94 Å². The fourth-order valence-electron chi connectivity index (χ4n) is 2.53. The minimum absolute atomic E-state index is 0.0856. The highest BCUT2D eigenvalue weighted by atomic mass is 16.5. The highest BCUT2D eigenvalue weighted by Crippen LogP contribution is 2.30. The lowest BCUT2D eigenvalue weighted by Crippen LogP contribution is -2.18. The maximum absolute atomic E-state index is 5.38. The fraction of sp³-hybridized carbons (Fsp3) is 0.308. The summed E-state index contributed by atoms with van der Waals surface area (Å²) >= 11 is 0. The van der Waals surface area contributed by atoms with Gasteiger partial charge in [0.05, 0.1) is 6.26 Å². The molecule has 0 saturated heterocycles. The molecule has 1 aliphatic rings. The Morgan fingerprint density at radius 1 is 1.37 bits per heavy atom. The Balaban J connectivity index is 1.71. The molecule has 0 saturated carbocycles. The summed E-state index contributed by atoms with van der Waals surface area (Å²) in [6.45, 7) is 0. The molecule has 6 heteroatoms. The van der Waals surface area contributed by atoms with Gasteiger partial charge in [0.25, 0.3) is 0 Å². The first-order chi connectivity index (χ1) is 9.42. The number of nitrogens with zero attached hydrogens (tertiary/aromatic N) is 4. The van der Waals surface area contributed by atoms with E-state index in [0.717, 1.165) is 25.1 Å². The lowest BCUT2D eigenvalue weighted by molar-refractivity contribution is 0.309. The van der Waals surface area contributed by atoms with Gasteiger partial charge >= 0.3 is 0 Å². The minimum atomic E-state index is 0.0856. The Morgan fingerprint density at radius 2 is 2.37 bits per heavy atom. The molecule has 6 nitrogen and oxygen atoms in total. The monoisotopic (exact) mass is 256 g/mol. The maximum atomic E-state index is 5.38. The molecular formula is C13H12N4O2. The molecule has 1 unspecified atom stereocenters. The average molecular weight is 256 g/mol. The molecule has 0 fully saturated rings. The molecule has 3 aromatic heterocycles. The van der Waals surface area contributed by atoms with Gasteiger partial charge in [-0.05, 0) is 25.0 Å². The van der Waals surface area contributed by atoms with Crippen LogP contribution in [0.25, 0.3) is 11.6 Å². The van der Waals surface area contributed by atoms with E-state index in [1.807, 2.05) is 18.5 Å². The molecule has 19 heavy (non-hydrogen) atoms. The van der Waals surface area contributed by atoms with Crippen molar-refractivity contribution in [2.24, 2.45) is 0 Å². The SMILES string of the molecule is c1coc(-c2noc(C3CCCc4nccn43)n2)c1. The van der Waals surface area contributed by atoms with Gasteiger partial charge in [-0.25, -0.2) is 4.98 Å². The molecule has 0 aromatic carbocycles. The van der Waals surface area contributed by atoms with Gasteiger partial charge in [0.2, 0.25) is 11.7 Å². The second-order valence-corrected chi connectivity index (χ2v) is 4.59. The normalized spacial score (nSPS) is 18.4. The van der Waals surface area contributed by atoms with Gasteiger partial charge in [-0.1, -0.05) is 5.16 Å². The zero-order valence-corrected chi connectivity index (χ0v) is 10.2. The number of rotatable bonds is 2. The van der Waals surface area contributed by atoms with Gasteiger partial charge < -0.3 is 13.5 Å². The number of fused-ring (bicyclic) bond motifs is 1. The van der Waals surface area contributed by atoms with Crippen molar-refractivity contribution in [2.45, 2.75) is 25.3 Å². The lowest BCUT2D eigenvalue weighted by atomic mass is 10.0. The standard InChI is InChI=1S/C13H12N4O2/c1-3-9(17-7-6-14-11(17)5-1)13-15-12(16-19-13)10-4-2-8-18-10/h2,4,6-9H,1,3,5H2. The second kappa shape index (κ2) is 4.08. The molecule has 0 bridgehead atoms. The number of imidazole rings is 1. The van der Waals surface area contributed by atoms with Crippen molar-refractivity contribution >= 4 is 0 Å². The van der Waals surface area contributed by atoms with Crippen molar-refractivity contribution in [3.63, 3.8) is 0 Å². The van der Waals surface area contributed by atoms with E-state index in [1.54, 1.807) is 12.3 Å². The van der Waals surface area contributed by atoms with Crippen LogP contribution in [-0.4, -0.2) is 19.7 Å². The van der Waals surface area contributed by atoms with E-state index in [2.05, 4.69) is 19.7 Å². The smallest absolute Gasteiger partial charge is 0.250 e. The van der Waals surface area contributed by atoms with Gasteiger partial charge in [-0.3, -0.25) is 0 Å². The van der Waals surface area contributed by atoms with E-state index in [1.165, 1.54) is 0 Å². The van der Waals surface area contributed by atoms with E-state index >= 15 is 0 Å². The van der Waals surface area contributed by atoms with Crippen LogP contribution in [0.1, 0.15) is 30.6 Å². The minimum Gasteiger partial charge on any atom is -0.461 e. The number of aromatic nitrogens is 4. The van der Waals surface area contributed by atoms with Crippen LogP contribution in [0.15, 0.2) is 39.7 Å². The first-order valence-electron chi connectivity index (χ1n) is 6.31. The Hall–Kier alpha value is -2.37. The second-order valence-electron chi connectivity index (χ2n) is 4.59. The summed E-state index contributed by atoms with van der Waals surface area (Å²) in [6.07, 6.45) is 8.46. The van der Waals surface area contributed by atoms with E-state index < -0.39 is 0 Å². The van der Waals surface area contributed by atoms with Gasteiger partial charge in [0.15, 0.2) is 5.76 Å². The maximum Gasteiger partial charge on any atom is 0.250 e. The van der Waals surface area contributed by atoms with Crippen molar-refractivity contribution in [1.29, 1.82) is 0 Å². The van der Waals surface area contributed by atoms with Crippen LogP contribution < -0.4 is 0 Å². The van der Waals surface area contributed by atoms with E-state index in [4.69, 9.17) is 8.94 Å². The van der Waals surface area contributed by atoms with Gasteiger partial charge in [-0.15, -0.1) is 0 Å². The number of aryl methyl sites for hydroxylation is 1. The summed E-state index contributed by atoms with van der Waals surface area (Å²) in [7, 11) is 0. The van der Waals surface area contributed by atoms with Crippen molar-refractivity contribution in [2.75, 3.05) is 0 Å². The molecule has 3 aromatic rings. The Labute approximate surface area is 109 Å². The van der Waals surface area contributed by atoms with Crippen LogP contribution in [0.3, 0.4) is 0 Å². The van der Waals surface area contributed by atoms with E-state index in [9.17, 15) is 0 Å². The first-order valence-corrected chi connectivity index (χ1v) is 6.31. The summed E-state index contributed by atoms with van der Waals surface area (Å²) in [4.78, 5) is 8.78. The fourth-order valence-corrected chi connectivity index (χ4v) is 2.53. The Kier molecular flexibility index (Phi) is 2.26. The largest absolute Gasteiger partial charge is 0.461 e. The molecule has 1 atom stereocenters. The van der Waals surface area contributed by atoms with E-state index in [-0.39, 0.29) is 6.04 Å². The number of furan rings is 1. The summed E-state index contributed by atoms with van der Waals surface area (Å²) in [5, 5.41) is 3.98. The number of hydrogen-bond acceptors (Lipinski definition) is 5. The zero-order chi connectivity index (χ0) is 12.7. The van der Waals surface area contributed by atoms with Crippen LogP contribution in [0, 0.1) is 0 Å². The van der Waals surface area contributed by atoms with Gasteiger partial charge in [0.1, 0.15) is 11.9 Å². The van der Waals surface area contributed by atoms with Crippen LogP contribution in [0.2, 0.25) is 0 Å². The molecule has 4 heterocycles. The summed E-state index contributed by atoms with van der Waals surface area (Å²) in [5.74, 6) is 2.81. The molecule has 0 aliphatic carbocycles. The molecular weight excluding hydrogens is 244 g/mol. The first kappa shape index (κ1) is 10.5. The third kappa shape index (κ3) is 1.68. The third-order valence-corrected chi connectivity index (χ3v) is 3.43. The van der Waals surface area contributed by atoms with E-state index in [0.29, 0.717) is 17.5 Å². The van der Waals surface area contributed by atoms with Crippen molar-refractivity contribution in [1.82, 2.24) is 19.7 Å². The third-order valence-electron chi connectivity index (χ3n) is 3.43. The van der Waals surface area contributed by atoms with Crippen LogP contribution in [0.5, 0.6) is 0 Å². The Bertz CT molecular complexity index is 683. The van der Waals surface area contributed by atoms with Gasteiger partial charge in [-0.2, -0.15) is 4.98 Å². The van der Waals surface area contributed by atoms with Crippen molar-refractivity contribution in [3.05, 3.63) is 42.5 Å². The Morgan fingerprint density at radius 3 is 3.26 bits per heavy atom. The van der Waals surface area contributed by atoms with Crippen molar-refractivity contribution in [3.8, 4) is 11.6 Å². The average Bonchev–Trinajstić information content (AvgIpc) is 3.18. The molecule has 0 amide bonds. The molecule has 96 valence electrons. The lowest BCUT2D eigenvalue weighted by Gasteiger charge is -2.21. The number of hydrogen-bond donors (Lipinski definition) is 0. The topological polar surface area (TPSA) is 69.9 Å². The predicted octanol–water partition coefficient (Wildman–Crippen LogP) is 2.45. The quantitative estimate of drug-likeness (QED) is 0.704. The molecule has 1 aliphatic heterocycles.